The predicted octanol–water partition coefficient (Wildman–Crippen LogP) is 28.0. The zero-order valence-electron chi connectivity index (χ0n) is 71.8. The van der Waals surface area contributed by atoms with Gasteiger partial charge in [-0.3, -0.25) is 0 Å². The van der Waals surface area contributed by atoms with Crippen LogP contribution in [0.25, 0.3) is 43.1 Å². The highest BCUT2D eigenvalue weighted by atomic mass is 16.5. The van der Waals surface area contributed by atoms with Crippen LogP contribution in [0.3, 0.4) is 0 Å². The Hall–Kier alpha value is -11.9. The molecule has 0 heterocycles. The first-order valence-corrected chi connectivity index (χ1v) is 37.9. The Morgan fingerprint density at radius 1 is 0.198 bits per heavy atom. The van der Waals surface area contributed by atoms with Gasteiger partial charge in [-0.25, -0.2) is 0 Å². The van der Waals surface area contributed by atoms with Crippen molar-refractivity contribution in [1.29, 1.82) is 0 Å². The lowest BCUT2D eigenvalue weighted by atomic mass is 10.0. The molecule has 0 aromatic heterocycles. The van der Waals surface area contributed by atoms with Crippen molar-refractivity contribution in [3.05, 3.63) is 346 Å². The molecule has 14 aromatic rings. The Bertz CT molecular complexity index is 4770. The van der Waals surface area contributed by atoms with Crippen LogP contribution in [0.15, 0.2) is 279 Å². The second kappa shape index (κ2) is 53.2. The molecule has 0 unspecified atom stereocenters. The first-order valence-electron chi connectivity index (χ1n) is 37.9. The Labute approximate surface area is 701 Å². The van der Waals surface area contributed by atoms with Crippen molar-refractivity contribution in [3.8, 4) is 34.5 Å². The van der Waals surface area contributed by atoms with Gasteiger partial charge in [-0.05, 0) is 234 Å². The summed E-state index contributed by atoms with van der Waals surface area (Å²) in [5.74, 6) is 5.68. The van der Waals surface area contributed by atoms with Crippen LogP contribution in [0, 0.1) is 83.1 Å². The summed E-state index contributed by atoms with van der Waals surface area (Å²) in [4.78, 5) is 8.50. The normalized spacial score (nSPS) is 9.53. The standard InChI is InChI=1S/2C13H15N.2C12H12O.2C9H13N.2C9H12O.2C8H10O.4CH4/c2*1-10-8-9-13(14(2)3)12-7-5-4-6-11(10)12;2*1-9-11-6-4-3-5-10(11)7-8-12(9)13-2;2*1-8-4-6-9(7-5-8)10(2)3;2*1-7-4-5-9(10-3)8(2)6-7;2*1-7-3-5-8(9-2)6-4-7;;;;/h2*4-9H,1-3H3;2*3-8H,1-2H3;2*4-7H,1-3H3;2*4-6H,1-3H3;2*3-6H,1-2H3;4*1H4. The van der Waals surface area contributed by atoms with E-state index >= 15 is 0 Å². The topological polar surface area (TPSA) is 68.3 Å². The highest BCUT2D eigenvalue weighted by Gasteiger charge is 2.08. The number of rotatable bonds is 10. The molecular weight excluding hydrogens is 1430 g/mol. The molecule has 116 heavy (non-hydrogen) atoms. The zero-order chi connectivity index (χ0) is 82.4. The van der Waals surface area contributed by atoms with Gasteiger partial charge in [0, 0.05) is 89.9 Å². The summed E-state index contributed by atoms with van der Waals surface area (Å²) in [7, 11) is 26.6. The lowest BCUT2D eigenvalue weighted by Gasteiger charge is -2.16. The second-order valence-corrected chi connectivity index (χ2v) is 28.4. The highest BCUT2D eigenvalue weighted by Crippen LogP contribution is 2.31. The van der Waals surface area contributed by atoms with E-state index in [1.165, 1.54) is 133 Å². The fraction of sp³-hybridized carbons (Fsp3) is 0.283. The van der Waals surface area contributed by atoms with Crippen molar-refractivity contribution in [2.75, 3.05) is 119 Å². The molecule has 14 aromatic carbocycles. The van der Waals surface area contributed by atoms with Crippen LogP contribution in [0.2, 0.25) is 0 Å². The summed E-state index contributed by atoms with van der Waals surface area (Å²) in [5, 5.41) is 10.4. The van der Waals surface area contributed by atoms with Crippen LogP contribution in [0.1, 0.15) is 96.5 Å². The van der Waals surface area contributed by atoms with E-state index in [2.05, 4.69) is 299 Å². The minimum absolute atomic E-state index is 0. The number of methoxy groups -OCH3 is 6. The van der Waals surface area contributed by atoms with E-state index < -0.39 is 0 Å². The van der Waals surface area contributed by atoms with Gasteiger partial charge in [0.05, 0.1) is 42.7 Å². The summed E-state index contributed by atoms with van der Waals surface area (Å²) in [5.41, 5.74) is 20.3. The molecule has 0 N–H and O–H groups in total. The van der Waals surface area contributed by atoms with Crippen LogP contribution in [0.4, 0.5) is 22.7 Å². The molecule has 0 radical (unpaired) electrons. The first kappa shape index (κ1) is 102. The number of fused-ring (bicyclic) bond motifs is 4. The van der Waals surface area contributed by atoms with E-state index in [1.54, 1.807) is 42.7 Å². The smallest absolute Gasteiger partial charge is 0.122 e. The van der Waals surface area contributed by atoms with E-state index in [0.717, 1.165) is 34.5 Å². The van der Waals surface area contributed by atoms with Crippen molar-refractivity contribution in [3.63, 3.8) is 0 Å². The maximum Gasteiger partial charge on any atom is 0.122 e. The van der Waals surface area contributed by atoms with Gasteiger partial charge in [0.15, 0.2) is 0 Å². The summed E-state index contributed by atoms with van der Waals surface area (Å²) in [6.45, 7) is 25.0. The third kappa shape index (κ3) is 32.9. The fourth-order valence-corrected chi connectivity index (χ4v) is 12.0. The summed E-state index contributed by atoms with van der Waals surface area (Å²) in [6.07, 6.45) is 0. The summed E-state index contributed by atoms with van der Waals surface area (Å²) >= 11 is 0. The first-order chi connectivity index (χ1) is 53.6. The third-order valence-corrected chi connectivity index (χ3v) is 18.7. The van der Waals surface area contributed by atoms with Crippen molar-refractivity contribution in [2.45, 2.75) is 113 Å². The quantitative estimate of drug-likeness (QED) is 0.132. The molecule has 0 bridgehead atoms. The van der Waals surface area contributed by atoms with Gasteiger partial charge in [-0.2, -0.15) is 0 Å². The van der Waals surface area contributed by atoms with Gasteiger partial charge >= 0.3 is 0 Å². The van der Waals surface area contributed by atoms with Crippen LogP contribution >= 0.6 is 0 Å². The van der Waals surface area contributed by atoms with E-state index in [4.69, 9.17) is 28.4 Å². The molecule has 0 spiro atoms. The molecule has 0 aliphatic rings. The highest BCUT2D eigenvalue weighted by molar-refractivity contribution is 5.97. The Morgan fingerprint density at radius 3 is 0.707 bits per heavy atom. The number of hydrogen-bond donors (Lipinski definition) is 0. The summed E-state index contributed by atoms with van der Waals surface area (Å²) < 4.78 is 30.6. The number of anilines is 4. The van der Waals surface area contributed by atoms with E-state index in [-0.39, 0.29) is 29.7 Å². The zero-order valence-corrected chi connectivity index (χ0v) is 71.8. The van der Waals surface area contributed by atoms with Gasteiger partial charge < -0.3 is 48.0 Å². The van der Waals surface area contributed by atoms with Gasteiger partial charge in [-0.1, -0.05) is 257 Å². The van der Waals surface area contributed by atoms with Crippen LogP contribution in [-0.4, -0.2) is 99.0 Å². The van der Waals surface area contributed by atoms with Crippen LogP contribution < -0.4 is 48.0 Å². The molecular formula is C106H140N4O6. The molecule has 0 amide bonds. The van der Waals surface area contributed by atoms with Crippen LogP contribution in [-0.2, 0) is 0 Å². The lowest BCUT2D eigenvalue weighted by Crippen LogP contribution is -2.09. The summed E-state index contributed by atoms with van der Waals surface area (Å²) in [6, 6.07) is 95.8. The molecule has 10 nitrogen and oxygen atoms in total. The van der Waals surface area contributed by atoms with Crippen molar-refractivity contribution >= 4 is 65.8 Å². The van der Waals surface area contributed by atoms with E-state index in [9.17, 15) is 0 Å². The predicted molar refractivity (Wildman–Crippen MR) is 515 cm³/mol. The number of benzene rings is 14. The maximum absolute atomic E-state index is 5.25. The molecule has 0 saturated carbocycles. The Balaban J connectivity index is 0.000000645. The molecule has 0 atom stereocenters. The molecule has 14 rings (SSSR count). The Kier molecular flexibility index (Phi) is 46.9. The van der Waals surface area contributed by atoms with Gasteiger partial charge in [0.25, 0.3) is 0 Å². The van der Waals surface area contributed by atoms with Crippen LogP contribution in [0.5, 0.6) is 34.5 Å². The van der Waals surface area contributed by atoms with Gasteiger partial charge in [-0.15, -0.1) is 0 Å². The largest absolute Gasteiger partial charge is 0.497 e. The molecule has 0 saturated heterocycles. The van der Waals surface area contributed by atoms with Crippen molar-refractivity contribution in [2.24, 2.45) is 0 Å². The SMILES string of the molecule is C.C.C.C.COc1ccc(C)cc1.COc1ccc(C)cc1.COc1ccc(C)cc1C.COc1ccc(C)cc1C.COc1ccc2ccccc2c1C.COc1ccc2ccccc2c1C.Cc1ccc(N(C)C)c2ccccc12.Cc1ccc(N(C)C)c2ccccc12.Cc1ccc(N(C)C)cc1.Cc1ccc(N(C)C)cc1. The Morgan fingerprint density at radius 2 is 0.448 bits per heavy atom. The number of hydrogen-bond acceptors (Lipinski definition) is 10. The number of aryl methyl sites for hydroxylation is 12. The van der Waals surface area contributed by atoms with Gasteiger partial charge in [0.1, 0.15) is 34.5 Å². The van der Waals surface area contributed by atoms with Crippen molar-refractivity contribution in [1.82, 2.24) is 0 Å². The minimum atomic E-state index is 0. The lowest BCUT2D eigenvalue weighted by molar-refractivity contribution is 0.411. The van der Waals surface area contributed by atoms with E-state index in [1.807, 2.05) is 139 Å². The van der Waals surface area contributed by atoms with Crippen molar-refractivity contribution < 1.29 is 28.4 Å². The monoisotopic (exact) mass is 1570 g/mol. The molecule has 620 valence electrons. The molecule has 0 fully saturated rings. The third-order valence-electron chi connectivity index (χ3n) is 18.7. The minimum Gasteiger partial charge on any atom is -0.497 e. The average Bonchev–Trinajstić information content (AvgIpc) is 0.820. The fourth-order valence-electron chi connectivity index (χ4n) is 12.0. The van der Waals surface area contributed by atoms with Gasteiger partial charge in [0.2, 0.25) is 0 Å². The molecule has 0 aliphatic heterocycles. The molecule has 10 heteroatoms. The second-order valence-electron chi connectivity index (χ2n) is 28.4. The number of nitrogens with zero attached hydrogens (tertiary/aromatic N) is 4. The molecule has 0 aliphatic carbocycles. The number of ether oxygens (including phenoxy) is 6. The average molecular weight is 1570 g/mol. The van der Waals surface area contributed by atoms with E-state index in [0.29, 0.717) is 0 Å². The maximum atomic E-state index is 5.25.